The van der Waals surface area contributed by atoms with Gasteiger partial charge in [-0.05, 0) is 30.1 Å². The van der Waals surface area contributed by atoms with Gasteiger partial charge in [-0.3, -0.25) is 4.98 Å². The molecule has 1 unspecified atom stereocenters. The van der Waals surface area contributed by atoms with Crippen molar-refractivity contribution < 1.29 is 4.42 Å². The van der Waals surface area contributed by atoms with E-state index in [1.165, 1.54) is 21.9 Å². The van der Waals surface area contributed by atoms with Crippen LogP contribution in [0.5, 0.6) is 0 Å². The summed E-state index contributed by atoms with van der Waals surface area (Å²) in [6.45, 7) is 2.11. The normalized spacial score (nSPS) is 12.7. The molecule has 0 saturated heterocycles. The number of aromatic nitrogens is 1. The lowest BCUT2D eigenvalue weighted by Gasteiger charge is -2.18. The fourth-order valence-electron chi connectivity index (χ4n) is 2.76. The molecule has 0 aliphatic carbocycles. The highest BCUT2D eigenvalue weighted by molar-refractivity contribution is 5.85. The summed E-state index contributed by atoms with van der Waals surface area (Å²) in [5, 5.41) is 5.79. The van der Waals surface area contributed by atoms with Gasteiger partial charge in [-0.1, -0.05) is 25.1 Å². The second kappa shape index (κ2) is 5.47. The molecule has 0 fully saturated rings. The molecular formula is C17H18N2O. The van der Waals surface area contributed by atoms with Crippen molar-refractivity contribution in [3.05, 3.63) is 65.9 Å². The smallest absolute Gasteiger partial charge is 0.108 e. The zero-order valence-corrected chi connectivity index (χ0v) is 11.8. The van der Waals surface area contributed by atoms with E-state index in [9.17, 15) is 0 Å². The van der Waals surface area contributed by atoms with Gasteiger partial charge in [-0.2, -0.15) is 0 Å². The van der Waals surface area contributed by atoms with E-state index in [1.54, 1.807) is 6.26 Å². The zero-order valence-electron chi connectivity index (χ0n) is 11.8. The zero-order chi connectivity index (χ0) is 13.9. The molecule has 0 spiro atoms. The Morgan fingerprint density at radius 1 is 1.20 bits per heavy atom. The summed E-state index contributed by atoms with van der Waals surface area (Å²) in [4.78, 5) is 4.26. The first-order valence-corrected chi connectivity index (χ1v) is 6.91. The summed E-state index contributed by atoms with van der Waals surface area (Å²) in [5.41, 5.74) is 2.43. The highest BCUT2D eigenvalue weighted by atomic mass is 16.3. The third-order valence-electron chi connectivity index (χ3n) is 3.73. The Hall–Kier alpha value is -2.13. The molecule has 1 N–H and O–H groups in total. The minimum Gasteiger partial charge on any atom is -0.469 e. The maximum absolute atomic E-state index is 5.57. The number of fused-ring (bicyclic) bond motifs is 1. The average molecular weight is 266 g/mol. The number of benzene rings is 1. The largest absolute Gasteiger partial charge is 0.469 e. The Morgan fingerprint density at radius 3 is 2.90 bits per heavy atom. The number of nitrogens with zero attached hydrogens (tertiary/aromatic N) is 1. The molecule has 102 valence electrons. The molecule has 0 amide bonds. The van der Waals surface area contributed by atoms with Crippen molar-refractivity contribution in [2.24, 2.45) is 0 Å². The molecular weight excluding hydrogens is 248 g/mol. The van der Waals surface area contributed by atoms with Crippen LogP contribution in [0, 0.1) is 0 Å². The Bertz CT molecular complexity index is 712. The maximum Gasteiger partial charge on any atom is 0.108 e. The summed E-state index contributed by atoms with van der Waals surface area (Å²) in [7, 11) is 1.98. The van der Waals surface area contributed by atoms with Crippen LogP contribution >= 0.6 is 0 Å². The quantitative estimate of drug-likeness (QED) is 0.782. The summed E-state index contributed by atoms with van der Waals surface area (Å²) >= 11 is 0. The molecule has 2 aromatic heterocycles. The second-order valence-electron chi connectivity index (χ2n) is 4.82. The van der Waals surface area contributed by atoms with Crippen molar-refractivity contribution in [2.45, 2.75) is 19.4 Å². The predicted molar refractivity (Wildman–Crippen MR) is 80.7 cm³/mol. The number of rotatable bonds is 4. The molecule has 2 heterocycles. The van der Waals surface area contributed by atoms with Crippen LogP contribution in [-0.2, 0) is 6.42 Å². The molecule has 3 aromatic rings. The first-order valence-electron chi connectivity index (χ1n) is 6.91. The molecule has 3 rings (SSSR count). The third-order valence-corrected chi connectivity index (χ3v) is 3.73. The predicted octanol–water partition coefficient (Wildman–Crippen LogP) is 3.70. The monoisotopic (exact) mass is 266 g/mol. The van der Waals surface area contributed by atoms with Crippen molar-refractivity contribution in [2.75, 3.05) is 7.05 Å². The van der Waals surface area contributed by atoms with E-state index in [0.29, 0.717) is 0 Å². The summed E-state index contributed by atoms with van der Waals surface area (Å²) < 4.78 is 5.57. The van der Waals surface area contributed by atoms with Gasteiger partial charge in [-0.25, -0.2) is 0 Å². The van der Waals surface area contributed by atoms with Crippen LogP contribution in [0.3, 0.4) is 0 Å². The lowest BCUT2D eigenvalue weighted by atomic mass is 9.94. The van der Waals surface area contributed by atoms with Gasteiger partial charge in [0.2, 0.25) is 0 Å². The van der Waals surface area contributed by atoms with Gasteiger partial charge >= 0.3 is 0 Å². The highest BCUT2D eigenvalue weighted by Crippen LogP contribution is 2.30. The molecule has 3 heteroatoms. The average Bonchev–Trinajstić information content (AvgIpc) is 2.97. The van der Waals surface area contributed by atoms with E-state index in [-0.39, 0.29) is 6.04 Å². The van der Waals surface area contributed by atoms with Crippen LogP contribution in [-0.4, -0.2) is 12.0 Å². The number of furan rings is 1. The number of hydrogen-bond donors (Lipinski definition) is 1. The molecule has 1 atom stereocenters. The maximum atomic E-state index is 5.57. The van der Waals surface area contributed by atoms with Gasteiger partial charge in [0.25, 0.3) is 0 Å². The summed E-state index contributed by atoms with van der Waals surface area (Å²) in [5.74, 6) is 1.03. The Labute approximate surface area is 118 Å². The first kappa shape index (κ1) is 12.9. The van der Waals surface area contributed by atoms with Crippen molar-refractivity contribution in [1.29, 1.82) is 0 Å². The molecule has 0 bridgehead atoms. The van der Waals surface area contributed by atoms with Crippen molar-refractivity contribution >= 4 is 10.8 Å². The minimum atomic E-state index is 0.122. The number of hydrogen-bond acceptors (Lipinski definition) is 3. The van der Waals surface area contributed by atoms with E-state index < -0.39 is 0 Å². The van der Waals surface area contributed by atoms with E-state index in [1.807, 2.05) is 25.5 Å². The summed E-state index contributed by atoms with van der Waals surface area (Å²) in [6.07, 6.45) is 6.42. The Morgan fingerprint density at radius 2 is 2.10 bits per heavy atom. The van der Waals surface area contributed by atoms with E-state index >= 15 is 0 Å². The van der Waals surface area contributed by atoms with Crippen LogP contribution in [0.15, 0.2) is 53.4 Å². The SMILES string of the molecule is CCc1occc1C(NC)c1cccc2ccncc12. The number of pyridine rings is 1. The van der Waals surface area contributed by atoms with Crippen LogP contribution in [0.25, 0.3) is 10.8 Å². The van der Waals surface area contributed by atoms with Crippen LogP contribution < -0.4 is 5.32 Å². The van der Waals surface area contributed by atoms with Gasteiger partial charge < -0.3 is 9.73 Å². The molecule has 0 aliphatic heterocycles. The number of nitrogens with one attached hydrogen (secondary N) is 1. The fourth-order valence-corrected chi connectivity index (χ4v) is 2.76. The van der Waals surface area contributed by atoms with Crippen LogP contribution in [0.1, 0.15) is 29.9 Å². The fraction of sp³-hybridized carbons (Fsp3) is 0.235. The van der Waals surface area contributed by atoms with Crippen molar-refractivity contribution in [3.8, 4) is 0 Å². The first-order chi connectivity index (χ1) is 9.85. The van der Waals surface area contributed by atoms with Gasteiger partial charge in [-0.15, -0.1) is 0 Å². The molecule has 20 heavy (non-hydrogen) atoms. The van der Waals surface area contributed by atoms with Gasteiger partial charge in [0.05, 0.1) is 12.3 Å². The number of aryl methyl sites for hydroxylation is 1. The van der Waals surface area contributed by atoms with E-state index in [2.05, 4.69) is 41.5 Å². The van der Waals surface area contributed by atoms with Crippen LogP contribution in [0.4, 0.5) is 0 Å². The molecule has 3 nitrogen and oxygen atoms in total. The Balaban J connectivity index is 2.17. The van der Waals surface area contributed by atoms with Crippen molar-refractivity contribution in [1.82, 2.24) is 10.3 Å². The second-order valence-corrected chi connectivity index (χ2v) is 4.82. The lowest BCUT2D eigenvalue weighted by Crippen LogP contribution is -2.18. The summed E-state index contributed by atoms with van der Waals surface area (Å²) in [6, 6.07) is 10.6. The lowest BCUT2D eigenvalue weighted by molar-refractivity contribution is 0.505. The molecule has 0 aliphatic rings. The van der Waals surface area contributed by atoms with E-state index in [0.717, 1.165) is 12.2 Å². The minimum absolute atomic E-state index is 0.122. The standard InChI is InChI=1S/C17H18N2O/c1-3-16-14(8-10-20-16)17(18-2)13-6-4-5-12-7-9-19-11-15(12)13/h4-11,17-18H,3H2,1-2H3. The van der Waals surface area contributed by atoms with Crippen molar-refractivity contribution in [3.63, 3.8) is 0 Å². The molecule has 0 radical (unpaired) electrons. The third kappa shape index (κ3) is 2.10. The Kier molecular flexibility index (Phi) is 3.52. The van der Waals surface area contributed by atoms with E-state index in [4.69, 9.17) is 4.42 Å². The van der Waals surface area contributed by atoms with Gasteiger partial charge in [0, 0.05) is 29.8 Å². The van der Waals surface area contributed by atoms with Gasteiger partial charge in [0.15, 0.2) is 0 Å². The highest BCUT2D eigenvalue weighted by Gasteiger charge is 2.19. The topological polar surface area (TPSA) is 38.1 Å². The molecule has 1 aromatic carbocycles. The van der Waals surface area contributed by atoms with Gasteiger partial charge in [0.1, 0.15) is 5.76 Å². The molecule has 0 saturated carbocycles. The van der Waals surface area contributed by atoms with Crippen LogP contribution in [0.2, 0.25) is 0 Å².